The van der Waals surface area contributed by atoms with Crippen LogP contribution >= 0.6 is 0 Å². The van der Waals surface area contributed by atoms with Crippen LogP contribution in [0.4, 0.5) is 0 Å². The Kier molecular flexibility index (Phi) is 3.50. The molecular formula is C13H20N4O. The summed E-state index contributed by atoms with van der Waals surface area (Å²) in [6, 6.07) is 1.66. The molecule has 0 radical (unpaired) electrons. The van der Waals surface area contributed by atoms with Crippen LogP contribution in [-0.2, 0) is 0 Å². The summed E-state index contributed by atoms with van der Waals surface area (Å²) in [6.45, 7) is 4.57. The number of ether oxygens (including phenoxy) is 1. The highest BCUT2D eigenvalue weighted by Gasteiger charge is 2.28. The first-order chi connectivity index (χ1) is 8.48. The van der Waals surface area contributed by atoms with E-state index in [-0.39, 0.29) is 11.9 Å². The number of nitrogens with zero attached hydrogens (tertiary/aromatic N) is 2. The van der Waals surface area contributed by atoms with Crippen LogP contribution in [0.1, 0.15) is 45.1 Å². The molecule has 3 N–H and O–H groups in total. The van der Waals surface area contributed by atoms with Gasteiger partial charge in [0.1, 0.15) is 11.9 Å². The van der Waals surface area contributed by atoms with Crippen LogP contribution in [-0.4, -0.2) is 22.1 Å². The smallest absolute Gasteiger partial charge is 0.244 e. The van der Waals surface area contributed by atoms with Gasteiger partial charge in [-0.25, -0.2) is 0 Å². The maximum atomic E-state index is 7.49. The first-order valence-electron chi connectivity index (χ1n) is 6.31. The molecule has 0 aromatic carbocycles. The monoisotopic (exact) mass is 248 g/mol. The van der Waals surface area contributed by atoms with E-state index in [1.807, 2.05) is 0 Å². The van der Waals surface area contributed by atoms with Crippen molar-refractivity contribution in [3.05, 3.63) is 17.8 Å². The zero-order valence-electron chi connectivity index (χ0n) is 10.9. The van der Waals surface area contributed by atoms with Gasteiger partial charge in [-0.3, -0.25) is 5.41 Å². The predicted octanol–water partition coefficient (Wildman–Crippen LogP) is 2.11. The molecule has 18 heavy (non-hydrogen) atoms. The van der Waals surface area contributed by atoms with E-state index < -0.39 is 0 Å². The highest BCUT2D eigenvalue weighted by molar-refractivity contribution is 5.96. The van der Waals surface area contributed by atoms with Gasteiger partial charge in [-0.05, 0) is 37.2 Å². The first kappa shape index (κ1) is 12.8. The van der Waals surface area contributed by atoms with Crippen LogP contribution in [0, 0.1) is 10.8 Å². The lowest BCUT2D eigenvalue weighted by Crippen LogP contribution is -2.29. The number of hydrogen-bond donors (Lipinski definition) is 2. The van der Waals surface area contributed by atoms with Gasteiger partial charge in [-0.2, -0.15) is 5.10 Å². The summed E-state index contributed by atoms with van der Waals surface area (Å²) < 4.78 is 5.85. The molecule has 0 amide bonds. The lowest BCUT2D eigenvalue weighted by atomic mass is 9.76. The van der Waals surface area contributed by atoms with E-state index >= 15 is 0 Å². The third kappa shape index (κ3) is 2.97. The molecule has 1 fully saturated rings. The molecule has 1 aromatic heterocycles. The van der Waals surface area contributed by atoms with Crippen molar-refractivity contribution in [3.63, 3.8) is 0 Å². The molecule has 0 bridgehead atoms. The van der Waals surface area contributed by atoms with E-state index in [1.165, 1.54) is 6.20 Å². The van der Waals surface area contributed by atoms with Crippen LogP contribution in [0.3, 0.4) is 0 Å². The summed E-state index contributed by atoms with van der Waals surface area (Å²) in [7, 11) is 0. The Bertz CT molecular complexity index is 434. The van der Waals surface area contributed by atoms with Gasteiger partial charge < -0.3 is 10.5 Å². The molecule has 2 rings (SSSR count). The predicted molar refractivity (Wildman–Crippen MR) is 69.7 cm³/mol. The van der Waals surface area contributed by atoms with Crippen molar-refractivity contribution >= 4 is 5.84 Å². The van der Waals surface area contributed by atoms with E-state index in [9.17, 15) is 0 Å². The van der Waals surface area contributed by atoms with Crippen molar-refractivity contribution in [2.24, 2.45) is 11.1 Å². The molecule has 0 saturated heterocycles. The average molecular weight is 248 g/mol. The van der Waals surface area contributed by atoms with Crippen LogP contribution < -0.4 is 10.5 Å². The van der Waals surface area contributed by atoms with Gasteiger partial charge in [0.25, 0.3) is 0 Å². The van der Waals surface area contributed by atoms with Gasteiger partial charge in [0.15, 0.2) is 0 Å². The third-order valence-corrected chi connectivity index (χ3v) is 3.54. The number of nitrogens with two attached hydrogens (primary N) is 1. The van der Waals surface area contributed by atoms with Gasteiger partial charge in [0.05, 0.1) is 11.8 Å². The molecule has 1 aromatic rings. The van der Waals surface area contributed by atoms with Gasteiger partial charge in [0, 0.05) is 0 Å². The number of hydrogen-bond acceptors (Lipinski definition) is 4. The fourth-order valence-corrected chi connectivity index (χ4v) is 2.26. The fraction of sp³-hybridized carbons (Fsp3) is 0.615. The van der Waals surface area contributed by atoms with Gasteiger partial charge >= 0.3 is 0 Å². The Morgan fingerprint density at radius 3 is 2.72 bits per heavy atom. The summed E-state index contributed by atoms with van der Waals surface area (Å²) in [6.07, 6.45) is 6.00. The molecule has 0 spiro atoms. The quantitative estimate of drug-likeness (QED) is 0.633. The van der Waals surface area contributed by atoms with Crippen molar-refractivity contribution in [1.29, 1.82) is 5.41 Å². The molecular weight excluding hydrogens is 228 g/mol. The molecule has 0 aliphatic heterocycles. The van der Waals surface area contributed by atoms with Crippen molar-refractivity contribution in [1.82, 2.24) is 10.2 Å². The van der Waals surface area contributed by atoms with Gasteiger partial charge in [-0.15, -0.1) is 5.10 Å². The third-order valence-electron chi connectivity index (χ3n) is 3.54. The number of amidine groups is 1. The fourth-order valence-electron chi connectivity index (χ4n) is 2.26. The van der Waals surface area contributed by atoms with Crippen LogP contribution in [0.5, 0.6) is 5.88 Å². The second-order valence-electron chi connectivity index (χ2n) is 5.65. The van der Waals surface area contributed by atoms with Crippen LogP contribution in [0.2, 0.25) is 0 Å². The summed E-state index contributed by atoms with van der Waals surface area (Å²) in [5, 5.41) is 15.2. The standard InChI is InChI=1S/C13H20N4O/c1-13(2)6-3-9(4-7-13)18-12-10(11(14)15)5-8-16-17-12/h5,8-9H,3-4,6-7H2,1-2H3,(H3,14,15). The summed E-state index contributed by atoms with van der Waals surface area (Å²) >= 11 is 0. The van der Waals surface area contributed by atoms with Crippen molar-refractivity contribution in [2.45, 2.75) is 45.6 Å². The van der Waals surface area contributed by atoms with Gasteiger partial charge in [-0.1, -0.05) is 13.8 Å². The molecule has 1 saturated carbocycles. The van der Waals surface area contributed by atoms with Crippen molar-refractivity contribution in [2.75, 3.05) is 0 Å². The molecule has 98 valence electrons. The minimum atomic E-state index is -0.0314. The van der Waals surface area contributed by atoms with Gasteiger partial charge in [0.2, 0.25) is 5.88 Å². The van der Waals surface area contributed by atoms with Crippen molar-refractivity contribution in [3.8, 4) is 5.88 Å². The Morgan fingerprint density at radius 2 is 2.11 bits per heavy atom. The minimum absolute atomic E-state index is 0.0314. The SMILES string of the molecule is CC1(C)CCC(Oc2nnccc2C(=N)N)CC1. The number of aromatic nitrogens is 2. The largest absolute Gasteiger partial charge is 0.473 e. The van der Waals surface area contributed by atoms with E-state index in [0.29, 0.717) is 16.9 Å². The zero-order chi connectivity index (χ0) is 13.2. The second kappa shape index (κ2) is 4.92. The number of nitrogens with one attached hydrogen (secondary N) is 1. The Balaban J connectivity index is 2.04. The Hall–Kier alpha value is -1.65. The highest BCUT2D eigenvalue weighted by atomic mass is 16.5. The number of rotatable bonds is 3. The van der Waals surface area contributed by atoms with Crippen LogP contribution in [0.25, 0.3) is 0 Å². The molecule has 5 nitrogen and oxygen atoms in total. The molecule has 1 aliphatic rings. The lowest BCUT2D eigenvalue weighted by Gasteiger charge is -2.34. The number of nitrogen functional groups attached to an aromatic ring is 1. The second-order valence-corrected chi connectivity index (χ2v) is 5.65. The van der Waals surface area contributed by atoms with Crippen molar-refractivity contribution < 1.29 is 4.74 Å². The average Bonchev–Trinajstić information content (AvgIpc) is 2.32. The highest BCUT2D eigenvalue weighted by Crippen LogP contribution is 2.36. The van der Waals surface area contributed by atoms with E-state index in [1.54, 1.807) is 6.07 Å². The maximum Gasteiger partial charge on any atom is 0.244 e. The summed E-state index contributed by atoms with van der Waals surface area (Å²) in [5.74, 6) is 0.353. The first-order valence-corrected chi connectivity index (χ1v) is 6.31. The topological polar surface area (TPSA) is 84.9 Å². The molecule has 0 unspecified atom stereocenters. The molecule has 5 heteroatoms. The molecule has 1 aliphatic carbocycles. The Labute approximate surface area is 107 Å². The zero-order valence-corrected chi connectivity index (χ0v) is 10.9. The Morgan fingerprint density at radius 1 is 1.44 bits per heavy atom. The minimum Gasteiger partial charge on any atom is -0.473 e. The maximum absolute atomic E-state index is 7.49. The lowest BCUT2D eigenvalue weighted by molar-refractivity contribution is 0.0938. The van der Waals surface area contributed by atoms with Crippen LogP contribution in [0.15, 0.2) is 12.3 Å². The normalized spacial score (nSPS) is 19.4. The van der Waals surface area contributed by atoms with E-state index in [2.05, 4.69) is 24.0 Å². The van der Waals surface area contributed by atoms with E-state index in [4.69, 9.17) is 15.9 Å². The molecule has 1 heterocycles. The summed E-state index contributed by atoms with van der Waals surface area (Å²) in [5.41, 5.74) is 6.43. The summed E-state index contributed by atoms with van der Waals surface area (Å²) in [4.78, 5) is 0. The molecule has 0 atom stereocenters. The van der Waals surface area contributed by atoms with E-state index in [0.717, 1.165) is 25.7 Å².